The van der Waals surface area contributed by atoms with E-state index < -0.39 is 0 Å². The maximum absolute atomic E-state index is 11.6. The number of primary amides is 1. The maximum atomic E-state index is 11.6. The Hall–Kier alpha value is -1.35. The molecule has 0 radical (unpaired) electrons. The first-order valence-corrected chi connectivity index (χ1v) is 9.23. The largest absolute Gasteiger partial charge is 0.366 e. The molecule has 3 rings (SSSR count). The van der Waals surface area contributed by atoms with E-state index in [2.05, 4.69) is 30.9 Å². The molecule has 1 heterocycles. The van der Waals surface area contributed by atoms with Crippen molar-refractivity contribution >= 4 is 5.91 Å². The average Bonchev–Trinajstić information content (AvgIpc) is 2.54. The van der Waals surface area contributed by atoms with Crippen LogP contribution in [-0.4, -0.2) is 23.9 Å². The Morgan fingerprint density at radius 2 is 2.00 bits per heavy atom. The molecule has 1 aromatic carbocycles. The highest BCUT2D eigenvalue weighted by atomic mass is 16.1. The Morgan fingerprint density at radius 3 is 2.65 bits per heavy atom. The van der Waals surface area contributed by atoms with Crippen molar-refractivity contribution in [2.75, 3.05) is 13.1 Å². The second-order valence-corrected chi connectivity index (χ2v) is 7.76. The van der Waals surface area contributed by atoms with Crippen LogP contribution in [0.5, 0.6) is 0 Å². The Labute approximate surface area is 140 Å². The molecule has 0 spiro atoms. The molecule has 3 nitrogen and oxygen atoms in total. The van der Waals surface area contributed by atoms with Crippen LogP contribution in [0.1, 0.15) is 73.5 Å². The molecule has 0 bridgehead atoms. The van der Waals surface area contributed by atoms with Crippen molar-refractivity contribution in [1.82, 2.24) is 4.90 Å². The Kier molecular flexibility index (Phi) is 5.05. The van der Waals surface area contributed by atoms with Gasteiger partial charge >= 0.3 is 0 Å². The fourth-order valence-corrected chi connectivity index (χ4v) is 4.53. The number of hydrogen-bond acceptors (Lipinski definition) is 2. The smallest absolute Gasteiger partial charge is 0.248 e. The second-order valence-electron chi connectivity index (χ2n) is 7.76. The van der Waals surface area contributed by atoms with Gasteiger partial charge < -0.3 is 5.73 Å². The van der Waals surface area contributed by atoms with E-state index in [1.165, 1.54) is 43.2 Å². The number of amides is 1. The number of nitrogens with zero attached hydrogens (tertiary/aromatic N) is 1. The molecule has 2 N–H and O–H groups in total. The first-order valence-electron chi connectivity index (χ1n) is 9.23. The molecule has 1 saturated carbocycles. The zero-order valence-corrected chi connectivity index (χ0v) is 14.6. The van der Waals surface area contributed by atoms with Gasteiger partial charge in [-0.15, -0.1) is 0 Å². The lowest BCUT2D eigenvalue weighted by Gasteiger charge is -2.44. The van der Waals surface area contributed by atoms with E-state index in [9.17, 15) is 4.79 Å². The van der Waals surface area contributed by atoms with Crippen LogP contribution in [0.4, 0.5) is 0 Å². The normalized spacial score (nSPS) is 23.0. The van der Waals surface area contributed by atoms with Crippen molar-refractivity contribution in [2.24, 2.45) is 17.6 Å². The molecule has 126 valence electrons. The molecule has 1 amide bonds. The van der Waals surface area contributed by atoms with Crippen LogP contribution in [0.25, 0.3) is 0 Å². The second kappa shape index (κ2) is 7.04. The summed E-state index contributed by atoms with van der Waals surface area (Å²) in [4.78, 5) is 14.3. The lowest BCUT2D eigenvalue weighted by Crippen LogP contribution is -2.42. The number of carbonyl (C=O) groups excluding carboxylic acids is 1. The highest BCUT2D eigenvalue weighted by Gasteiger charge is 2.34. The van der Waals surface area contributed by atoms with Gasteiger partial charge in [0, 0.05) is 24.7 Å². The first kappa shape index (κ1) is 16.5. The summed E-state index contributed by atoms with van der Waals surface area (Å²) < 4.78 is 0. The number of hydrogen-bond donors (Lipinski definition) is 1. The Bertz CT molecular complexity index is 561. The average molecular weight is 314 g/mol. The molecule has 1 aliphatic carbocycles. The van der Waals surface area contributed by atoms with Crippen molar-refractivity contribution in [1.29, 1.82) is 0 Å². The van der Waals surface area contributed by atoms with Crippen molar-refractivity contribution in [2.45, 2.75) is 58.4 Å². The van der Waals surface area contributed by atoms with Gasteiger partial charge in [-0.25, -0.2) is 0 Å². The van der Waals surface area contributed by atoms with Crippen LogP contribution in [0.3, 0.4) is 0 Å². The summed E-state index contributed by atoms with van der Waals surface area (Å²) in [6, 6.07) is 6.60. The number of fused-ring (bicyclic) bond motifs is 1. The van der Waals surface area contributed by atoms with Gasteiger partial charge in [0.05, 0.1) is 0 Å². The van der Waals surface area contributed by atoms with Gasteiger partial charge in [-0.1, -0.05) is 39.2 Å². The van der Waals surface area contributed by atoms with Gasteiger partial charge in [0.25, 0.3) is 0 Å². The molecule has 3 heteroatoms. The minimum atomic E-state index is -0.309. The molecular weight excluding hydrogens is 284 g/mol. The predicted octanol–water partition coefficient (Wildman–Crippen LogP) is 3.92. The van der Waals surface area contributed by atoms with Crippen molar-refractivity contribution in [3.8, 4) is 0 Å². The molecule has 1 atom stereocenters. The minimum Gasteiger partial charge on any atom is -0.366 e. The van der Waals surface area contributed by atoms with Crippen molar-refractivity contribution < 1.29 is 4.79 Å². The predicted molar refractivity (Wildman–Crippen MR) is 94.4 cm³/mol. The highest BCUT2D eigenvalue weighted by Crippen LogP contribution is 2.42. The summed E-state index contributed by atoms with van der Waals surface area (Å²) in [6.45, 7) is 6.88. The molecule has 1 unspecified atom stereocenters. The third kappa shape index (κ3) is 3.60. The SMILES string of the molecule is CC(C)CN1CCc2ccc(C(N)=O)cc2C1C1CCCCC1. The van der Waals surface area contributed by atoms with Gasteiger partial charge in [-0.2, -0.15) is 0 Å². The van der Waals surface area contributed by atoms with Crippen LogP contribution in [0, 0.1) is 11.8 Å². The molecular formula is C20H30N2O. The fraction of sp³-hybridized carbons (Fsp3) is 0.650. The number of nitrogens with two attached hydrogens (primary N) is 1. The third-order valence-corrected chi connectivity index (χ3v) is 5.51. The maximum Gasteiger partial charge on any atom is 0.248 e. The van der Waals surface area contributed by atoms with E-state index in [4.69, 9.17) is 5.73 Å². The molecule has 0 aromatic heterocycles. The zero-order chi connectivity index (χ0) is 16.4. The van der Waals surface area contributed by atoms with Crippen LogP contribution >= 0.6 is 0 Å². The van der Waals surface area contributed by atoms with Crippen LogP contribution in [0.15, 0.2) is 18.2 Å². The molecule has 1 fully saturated rings. The van der Waals surface area contributed by atoms with Gasteiger partial charge in [-0.05, 0) is 54.4 Å². The Morgan fingerprint density at radius 1 is 1.26 bits per heavy atom. The quantitative estimate of drug-likeness (QED) is 0.915. The fourth-order valence-electron chi connectivity index (χ4n) is 4.53. The highest BCUT2D eigenvalue weighted by molar-refractivity contribution is 5.93. The third-order valence-electron chi connectivity index (χ3n) is 5.51. The van der Waals surface area contributed by atoms with Crippen molar-refractivity contribution in [3.05, 3.63) is 34.9 Å². The zero-order valence-electron chi connectivity index (χ0n) is 14.6. The minimum absolute atomic E-state index is 0.309. The molecule has 2 aliphatic rings. The van der Waals surface area contributed by atoms with E-state index in [1.54, 1.807) is 0 Å². The summed E-state index contributed by atoms with van der Waals surface area (Å²) in [5.74, 6) is 1.09. The summed E-state index contributed by atoms with van der Waals surface area (Å²) in [5.41, 5.74) is 8.99. The summed E-state index contributed by atoms with van der Waals surface area (Å²) >= 11 is 0. The van der Waals surface area contributed by atoms with Gasteiger partial charge in [0.15, 0.2) is 0 Å². The van der Waals surface area contributed by atoms with Crippen LogP contribution < -0.4 is 5.73 Å². The molecule has 1 aromatic rings. The lowest BCUT2D eigenvalue weighted by molar-refractivity contribution is 0.0943. The molecule has 0 saturated heterocycles. The van der Waals surface area contributed by atoms with E-state index in [-0.39, 0.29) is 5.91 Å². The summed E-state index contributed by atoms with van der Waals surface area (Å²) in [5, 5.41) is 0. The van der Waals surface area contributed by atoms with E-state index in [1.807, 2.05) is 6.07 Å². The monoisotopic (exact) mass is 314 g/mol. The van der Waals surface area contributed by atoms with E-state index >= 15 is 0 Å². The number of carbonyl (C=O) groups is 1. The molecule has 23 heavy (non-hydrogen) atoms. The van der Waals surface area contributed by atoms with Gasteiger partial charge in [-0.3, -0.25) is 9.69 Å². The number of benzene rings is 1. The van der Waals surface area contributed by atoms with Crippen molar-refractivity contribution in [3.63, 3.8) is 0 Å². The summed E-state index contributed by atoms with van der Waals surface area (Å²) in [6.07, 6.45) is 7.80. The standard InChI is InChI=1S/C20H30N2O/c1-14(2)13-22-11-10-15-8-9-17(20(21)23)12-18(15)19(22)16-6-4-3-5-7-16/h8-9,12,14,16,19H,3-7,10-11,13H2,1-2H3,(H2,21,23). The topological polar surface area (TPSA) is 46.3 Å². The van der Waals surface area contributed by atoms with Crippen LogP contribution in [0.2, 0.25) is 0 Å². The molecule has 1 aliphatic heterocycles. The lowest BCUT2D eigenvalue weighted by atomic mass is 9.76. The first-order chi connectivity index (χ1) is 11.1. The summed E-state index contributed by atoms with van der Waals surface area (Å²) in [7, 11) is 0. The van der Waals surface area contributed by atoms with Crippen LogP contribution in [-0.2, 0) is 6.42 Å². The van der Waals surface area contributed by atoms with E-state index in [0.717, 1.165) is 25.4 Å². The van der Waals surface area contributed by atoms with Gasteiger partial charge in [0.2, 0.25) is 5.91 Å². The number of rotatable bonds is 4. The Balaban J connectivity index is 1.97. The van der Waals surface area contributed by atoms with E-state index in [0.29, 0.717) is 17.5 Å². The van der Waals surface area contributed by atoms with Gasteiger partial charge in [0.1, 0.15) is 0 Å².